The normalized spacial score (nSPS) is 18.6. The Kier molecular flexibility index (Phi) is 4.87. The van der Waals surface area contributed by atoms with E-state index < -0.39 is 0 Å². The molecule has 1 aromatic carbocycles. The third kappa shape index (κ3) is 3.50. The van der Waals surface area contributed by atoms with E-state index in [1.54, 1.807) is 6.07 Å². The minimum atomic E-state index is -0.190. The molecule has 0 spiro atoms. The Balaban J connectivity index is 1.70. The maximum atomic E-state index is 12.5. The molecule has 1 fully saturated rings. The van der Waals surface area contributed by atoms with Crippen LogP contribution in [-0.2, 0) is 9.59 Å². The molecule has 2 N–H and O–H groups in total. The van der Waals surface area contributed by atoms with Gasteiger partial charge >= 0.3 is 0 Å². The van der Waals surface area contributed by atoms with Crippen molar-refractivity contribution in [3.05, 3.63) is 22.7 Å². The zero-order chi connectivity index (χ0) is 16.4. The van der Waals surface area contributed by atoms with Gasteiger partial charge in [0.05, 0.1) is 5.69 Å². The van der Waals surface area contributed by atoms with Gasteiger partial charge in [-0.2, -0.15) is 0 Å². The van der Waals surface area contributed by atoms with E-state index >= 15 is 0 Å². The van der Waals surface area contributed by atoms with Crippen LogP contribution < -0.4 is 15.4 Å². The van der Waals surface area contributed by atoms with Gasteiger partial charge in [-0.15, -0.1) is 0 Å². The molecule has 0 aliphatic carbocycles. The second-order valence-corrected chi connectivity index (χ2v) is 6.86. The van der Waals surface area contributed by atoms with Crippen LogP contribution in [0.25, 0.3) is 0 Å². The van der Waals surface area contributed by atoms with Gasteiger partial charge in [0.1, 0.15) is 12.3 Å². The van der Waals surface area contributed by atoms with E-state index in [9.17, 15) is 9.59 Å². The smallest absolute Gasteiger partial charge is 0.265 e. The van der Waals surface area contributed by atoms with Crippen LogP contribution in [0.1, 0.15) is 12.8 Å². The van der Waals surface area contributed by atoms with Gasteiger partial charge in [0.15, 0.2) is 6.61 Å². The van der Waals surface area contributed by atoms with Crippen LogP contribution in [0.2, 0.25) is 0 Å². The third-order valence-electron chi connectivity index (χ3n) is 4.46. The molecule has 0 atom stereocenters. The van der Waals surface area contributed by atoms with E-state index in [1.165, 1.54) is 4.90 Å². The summed E-state index contributed by atoms with van der Waals surface area (Å²) in [4.78, 5) is 28.0. The van der Waals surface area contributed by atoms with Gasteiger partial charge in [0, 0.05) is 17.6 Å². The van der Waals surface area contributed by atoms with Crippen molar-refractivity contribution >= 4 is 33.4 Å². The summed E-state index contributed by atoms with van der Waals surface area (Å²) in [5.41, 5.74) is 6.33. The SMILES string of the molecule is NCC1CCN(C(=O)CN2C(=O)COc3cc(Br)ccc32)CC1. The minimum absolute atomic E-state index is 0.0235. The molecule has 2 amide bonds. The van der Waals surface area contributed by atoms with Crippen molar-refractivity contribution < 1.29 is 14.3 Å². The Bertz CT molecular complexity index is 615. The van der Waals surface area contributed by atoms with Crippen LogP contribution in [0.5, 0.6) is 5.75 Å². The molecule has 2 aliphatic heterocycles. The molecule has 124 valence electrons. The molecule has 6 nitrogen and oxygen atoms in total. The predicted molar refractivity (Wildman–Crippen MR) is 90.3 cm³/mol. The van der Waals surface area contributed by atoms with Crippen molar-refractivity contribution in [1.29, 1.82) is 0 Å². The lowest BCUT2D eigenvalue weighted by Gasteiger charge is -2.34. The van der Waals surface area contributed by atoms with Crippen molar-refractivity contribution in [3.63, 3.8) is 0 Å². The number of nitrogens with two attached hydrogens (primary N) is 1. The Morgan fingerprint density at radius 1 is 1.35 bits per heavy atom. The van der Waals surface area contributed by atoms with Crippen LogP contribution in [0.15, 0.2) is 22.7 Å². The zero-order valence-corrected chi connectivity index (χ0v) is 14.4. The number of benzene rings is 1. The highest BCUT2D eigenvalue weighted by Gasteiger charge is 2.30. The average Bonchev–Trinajstić information content (AvgIpc) is 2.57. The van der Waals surface area contributed by atoms with Gasteiger partial charge in [-0.05, 0) is 43.5 Å². The predicted octanol–water partition coefficient (Wildman–Crippen LogP) is 1.37. The quantitative estimate of drug-likeness (QED) is 0.857. The molecule has 2 heterocycles. The summed E-state index contributed by atoms with van der Waals surface area (Å²) in [6, 6.07) is 5.45. The fourth-order valence-corrected chi connectivity index (χ4v) is 3.35. The lowest BCUT2D eigenvalue weighted by Crippen LogP contribution is -2.48. The van der Waals surface area contributed by atoms with Crippen molar-refractivity contribution in [2.24, 2.45) is 11.7 Å². The van der Waals surface area contributed by atoms with E-state index in [4.69, 9.17) is 10.5 Å². The maximum Gasteiger partial charge on any atom is 0.265 e. The van der Waals surface area contributed by atoms with Gasteiger partial charge in [0.2, 0.25) is 5.91 Å². The average molecular weight is 382 g/mol. The zero-order valence-electron chi connectivity index (χ0n) is 12.8. The number of piperidine rings is 1. The van der Waals surface area contributed by atoms with E-state index in [-0.39, 0.29) is 25.0 Å². The molecule has 3 rings (SSSR count). The summed E-state index contributed by atoms with van der Waals surface area (Å²) in [6.07, 6.45) is 1.87. The number of ether oxygens (including phenoxy) is 1. The minimum Gasteiger partial charge on any atom is -0.482 e. The van der Waals surface area contributed by atoms with Crippen molar-refractivity contribution in [3.8, 4) is 5.75 Å². The first kappa shape index (κ1) is 16.3. The maximum absolute atomic E-state index is 12.5. The summed E-state index contributed by atoms with van der Waals surface area (Å²) in [5, 5.41) is 0. The number of halogens is 1. The third-order valence-corrected chi connectivity index (χ3v) is 4.95. The van der Waals surface area contributed by atoms with Crippen molar-refractivity contribution in [1.82, 2.24) is 4.90 Å². The van der Waals surface area contributed by atoms with E-state index in [2.05, 4.69) is 15.9 Å². The number of hydrogen-bond acceptors (Lipinski definition) is 4. The standard InChI is InChI=1S/C16H20BrN3O3/c17-12-1-2-13-14(7-12)23-10-16(22)20(13)9-15(21)19-5-3-11(8-18)4-6-19/h1-2,7,11H,3-6,8-10,18H2. The van der Waals surface area contributed by atoms with Crippen LogP contribution >= 0.6 is 15.9 Å². The Morgan fingerprint density at radius 3 is 2.78 bits per heavy atom. The van der Waals surface area contributed by atoms with E-state index in [0.717, 1.165) is 17.3 Å². The first-order chi connectivity index (χ1) is 11.1. The lowest BCUT2D eigenvalue weighted by atomic mass is 9.97. The van der Waals surface area contributed by atoms with Gasteiger partial charge in [0.25, 0.3) is 5.91 Å². The number of anilines is 1. The summed E-state index contributed by atoms with van der Waals surface area (Å²) < 4.78 is 6.32. The molecule has 0 bridgehead atoms. The number of rotatable bonds is 3. The van der Waals surface area contributed by atoms with Crippen LogP contribution in [-0.4, -0.2) is 49.5 Å². The summed E-state index contributed by atoms with van der Waals surface area (Å²) >= 11 is 3.38. The number of carbonyl (C=O) groups excluding carboxylic acids is 2. The Hall–Kier alpha value is -1.60. The van der Waals surface area contributed by atoms with Crippen molar-refractivity contribution in [2.45, 2.75) is 12.8 Å². The number of fused-ring (bicyclic) bond motifs is 1. The van der Waals surface area contributed by atoms with Gasteiger partial charge in [-0.3, -0.25) is 14.5 Å². The van der Waals surface area contributed by atoms with Gasteiger partial charge in [-0.1, -0.05) is 15.9 Å². The molecular weight excluding hydrogens is 362 g/mol. The molecule has 1 aromatic rings. The molecule has 0 radical (unpaired) electrons. The molecule has 0 unspecified atom stereocenters. The van der Waals surface area contributed by atoms with Crippen LogP contribution in [0, 0.1) is 5.92 Å². The number of nitrogens with zero attached hydrogens (tertiary/aromatic N) is 2. The number of hydrogen-bond donors (Lipinski definition) is 1. The first-order valence-electron chi connectivity index (χ1n) is 7.79. The number of carbonyl (C=O) groups is 2. The molecule has 0 aromatic heterocycles. The first-order valence-corrected chi connectivity index (χ1v) is 8.58. The van der Waals surface area contributed by atoms with Crippen molar-refractivity contribution in [2.75, 3.05) is 37.7 Å². The summed E-state index contributed by atoms with van der Waals surface area (Å²) in [5.74, 6) is 0.908. The van der Waals surface area contributed by atoms with E-state index in [1.807, 2.05) is 17.0 Å². The number of amides is 2. The van der Waals surface area contributed by atoms with Crippen LogP contribution in [0.3, 0.4) is 0 Å². The molecule has 1 saturated heterocycles. The second-order valence-electron chi connectivity index (χ2n) is 5.94. The molecule has 23 heavy (non-hydrogen) atoms. The van der Waals surface area contributed by atoms with Gasteiger partial charge in [-0.25, -0.2) is 0 Å². The lowest BCUT2D eigenvalue weighted by molar-refractivity contribution is -0.133. The molecule has 7 heteroatoms. The molecule has 0 saturated carbocycles. The topological polar surface area (TPSA) is 75.9 Å². The highest BCUT2D eigenvalue weighted by molar-refractivity contribution is 9.10. The summed E-state index contributed by atoms with van der Waals surface area (Å²) in [6.45, 7) is 2.13. The Labute approximate surface area is 143 Å². The fraction of sp³-hybridized carbons (Fsp3) is 0.500. The molecule has 2 aliphatic rings. The largest absolute Gasteiger partial charge is 0.482 e. The van der Waals surface area contributed by atoms with Gasteiger partial charge < -0.3 is 15.4 Å². The fourth-order valence-electron chi connectivity index (χ4n) is 3.00. The number of likely N-dealkylation sites (tertiary alicyclic amines) is 1. The highest BCUT2D eigenvalue weighted by Crippen LogP contribution is 2.34. The second kappa shape index (κ2) is 6.88. The molecular formula is C16H20BrN3O3. The Morgan fingerprint density at radius 2 is 2.09 bits per heavy atom. The van der Waals surface area contributed by atoms with E-state index in [0.29, 0.717) is 37.0 Å². The van der Waals surface area contributed by atoms with Crippen LogP contribution in [0.4, 0.5) is 5.69 Å². The summed E-state index contributed by atoms with van der Waals surface area (Å²) in [7, 11) is 0. The highest BCUT2D eigenvalue weighted by atomic mass is 79.9. The monoisotopic (exact) mass is 381 g/mol.